The number of para-hydroxylation sites is 1. The molecule has 0 saturated carbocycles. The lowest BCUT2D eigenvalue weighted by molar-refractivity contribution is 0.103. The van der Waals surface area contributed by atoms with Crippen molar-refractivity contribution in [2.45, 2.75) is 6.54 Å². The van der Waals surface area contributed by atoms with Crippen LogP contribution in [0.2, 0.25) is 0 Å². The summed E-state index contributed by atoms with van der Waals surface area (Å²) in [5.74, 6) is -2.22. The van der Waals surface area contributed by atoms with Gasteiger partial charge < -0.3 is 14.6 Å². The summed E-state index contributed by atoms with van der Waals surface area (Å²) in [4.78, 5) is 26.8. The van der Waals surface area contributed by atoms with Gasteiger partial charge >= 0.3 is 0 Å². The van der Waals surface area contributed by atoms with Gasteiger partial charge in [-0.05, 0) is 50.0 Å². The number of hydrogen-bond acceptors (Lipinski definition) is 5. The van der Waals surface area contributed by atoms with Crippen molar-refractivity contribution in [1.82, 2.24) is 19.9 Å². The molecule has 2 heterocycles. The zero-order chi connectivity index (χ0) is 22.1. The zero-order valence-corrected chi connectivity index (χ0v) is 17.2. The van der Waals surface area contributed by atoms with Crippen molar-refractivity contribution in [1.29, 1.82) is 0 Å². The first-order chi connectivity index (χ1) is 14.9. The van der Waals surface area contributed by atoms with Crippen LogP contribution in [-0.4, -0.2) is 46.8 Å². The number of ether oxygens (including phenoxy) is 1. The second-order valence-electron chi connectivity index (χ2n) is 7.33. The molecule has 2 aromatic heterocycles. The predicted octanol–water partition coefficient (Wildman–Crippen LogP) is 4.20. The maximum atomic E-state index is 14.5. The summed E-state index contributed by atoms with van der Waals surface area (Å²) in [5.41, 5.74) is 2.63. The fourth-order valence-corrected chi connectivity index (χ4v) is 3.45. The van der Waals surface area contributed by atoms with E-state index in [4.69, 9.17) is 4.74 Å². The minimum atomic E-state index is -1.09. The number of fused-ring (bicyclic) bond motifs is 1. The summed E-state index contributed by atoms with van der Waals surface area (Å²) in [6, 6.07) is 10.9. The molecule has 2 aromatic carbocycles. The highest BCUT2D eigenvalue weighted by Gasteiger charge is 2.21. The Bertz CT molecular complexity index is 1280. The van der Waals surface area contributed by atoms with Crippen LogP contribution in [0.1, 0.15) is 21.7 Å². The number of imidazole rings is 1. The summed E-state index contributed by atoms with van der Waals surface area (Å²) in [7, 11) is 5.26. The summed E-state index contributed by atoms with van der Waals surface area (Å²) < 4.78 is 33.4. The number of carbonyl (C=O) groups is 1. The number of aromatic nitrogens is 3. The number of rotatable bonds is 6. The fraction of sp³-hybridized carbons (Fsp3) is 0.174. The lowest BCUT2D eigenvalue weighted by atomic mass is 10.0. The van der Waals surface area contributed by atoms with Crippen molar-refractivity contribution >= 4 is 16.8 Å². The first-order valence-electron chi connectivity index (χ1n) is 9.54. The molecule has 0 saturated heterocycles. The number of benzene rings is 2. The van der Waals surface area contributed by atoms with Crippen LogP contribution >= 0.6 is 0 Å². The quantitative estimate of drug-likeness (QED) is 0.472. The number of hydrogen-bond donors (Lipinski definition) is 1. The van der Waals surface area contributed by atoms with E-state index in [1.807, 2.05) is 37.2 Å². The van der Waals surface area contributed by atoms with Crippen molar-refractivity contribution < 1.29 is 18.3 Å². The molecule has 31 heavy (non-hydrogen) atoms. The third kappa shape index (κ3) is 3.89. The smallest absolute Gasteiger partial charge is 0.228 e. The minimum absolute atomic E-state index is 0.0871. The number of nitrogens with one attached hydrogen (secondary N) is 1. The molecular weight excluding hydrogens is 402 g/mol. The number of carbonyl (C=O) groups excluding carboxylic acids is 1. The molecule has 4 rings (SSSR count). The van der Waals surface area contributed by atoms with E-state index in [2.05, 4.69) is 15.0 Å². The molecule has 0 spiro atoms. The Balaban J connectivity index is 1.76. The SMILES string of the molecule is COc1ccc(F)c(F)c1-c1cc(C(=O)c2nc3c(CN(C)C)cccc3[nH]2)ccn1. The molecule has 0 aliphatic rings. The van der Waals surface area contributed by atoms with Gasteiger partial charge in [-0.3, -0.25) is 9.78 Å². The highest BCUT2D eigenvalue weighted by atomic mass is 19.2. The number of aromatic amines is 1. The average molecular weight is 422 g/mol. The molecule has 0 aliphatic heterocycles. The van der Waals surface area contributed by atoms with Gasteiger partial charge in [0, 0.05) is 18.3 Å². The topological polar surface area (TPSA) is 71.1 Å². The van der Waals surface area contributed by atoms with Gasteiger partial charge in [0.15, 0.2) is 17.5 Å². The van der Waals surface area contributed by atoms with Gasteiger partial charge in [-0.2, -0.15) is 0 Å². The Hall–Kier alpha value is -3.65. The van der Waals surface area contributed by atoms with E-state index in [0.717, 1.165) is 17.1 Å². The van der Waals surface area contributed by atoms with E-state index < -0.39 is 11.6 Å². The lowest BCUT2D eigenvalue weighted by Crippen LogP contribution is -2.11. The molecule has 8 heteroatoms. The van der Waals surface area contributed by atoms with Gasteiger partial charge in [-0.1, -0.05) is 12.1 Å². The van der Waals surface area contributed by atoms with E-state index >= 15 is 0 Å². The number of pyridine rings is 1. The zero-order valence-electron chi connectivity index (χ0n) is 17.2. The molecule has 6 nitrogen and oxygen atoms in total. The minimum Gasteiger partial charge on any atom is -0.496 e. The molecule has 0 bridgehead atoms. The summed E-state index contributed by atoms with van der Waals surface area (Å²) in [6.45, 7) is 0.674. The second kappa shape index (κ2) is 8.23. The first kappa shape index (κ1) is 20.6. The van der Waals surface area contributed by atoms with Crippen LogP contribution in [0, 0.1) is 11.6 Å². The van der Waals surface area contributed by atoms with Crippen LogP contribution in [0.5, 0.6) is 5.75 Å². The van der Waals surface area contributed by atoms with Gasteiger partial charge in [-0.25, -0.2) is 13.8 Å². The second-order valence-corrected chi connectivity index (χ2v) is 7.33. The Morgan fingerprint density at radius 2 is 1.97 bits per heavy atom. The molecule has 0 unspecified atom stereocenters. The fourth-order valence-electron chi connectivity index (χ4n) is 3.45. The van der Waals surface area contributed by atoms with E-state index in [0.29, 0.717) is 12.1 Å². The van der Waals surface area contributed by atoms with Gasteiger partial charge in [0.05, 0.1) is 29.4 Å². The lowest BCUT2D eigenvalue weighted by Gasteiger charge is -2.10. The van der Waals surface area contributed by atoms with E-state index in [1.165, 1.54) is 31.5 Å². The third-order valence-corrected chi connectivity index (χ3v) is 4.85. The Morgan fingerprint density at radius 3 is 2.71 bits per heavy atom. The van der Waals surface area contributed by atoms with Crippen LogP contribution in [-0.2, 0) is 6.54 Å². The van der Waals surface area contributed by atoms with Crippen LogP contribution in [0.4, 0.5) is 8.78 Å². The molecule has 0 fully saturated rings. The van der Waals surface area contributed by atoms with Crippen LogP contribution < -0.4 is 4.74 Å². The summed E-state index contributed by atoms with van der Waals surface area (Å²) in [5, 5.41) is 0. The Morgan fingerprint density at radius 1 is 1.16 bits per heavy atom. The van der Waals surface area contributed by atoms with Crippen LogP contribution in [0.3, 0.4) is 0 Å². The number of ketones is 1. The highest BCUT2D eigenvalue weighted by Crippen LogP contribution is 2.33. The van der Waals surface area contributed by atoms with Gasteiger partial charge in [0.2, 0.25) is 5.78 Å². The maximum absolute atomic E-state index is 14.5. The van der Waals surface area contributed by atoms with E-state index in [1.54, 1.807) is 0 Å². The van der Waals surface area contributed by atoms with Crippen molar-refractivity contribution in [3.8, 4) is 17.0 Å². The first-order valence-corrected chi connectivity index (χ1v) is 9.54. The molecule has 0 radical (unpaired) electrons. The van der Waals surface area contributed by atoms with Crippen LogP contribution in [0.25, 0.3) is 22.3 Å². The third-order valence-electron chi connectivity index (χ3n) is 4.85. The Labute approximate surface area is 177 Å². The molecule has 4 aromatic rings. The number of methoxy groups -OCH3 is 1. The molecule has 0 amide bonds. The van der Waals surface area contributed by atoms with E-state index in [-0.39, 0.29) is 34.2 Å². The summed E-state index contributed by atoms with van der Waals surface area (Å²) in [6.07, 6.45) is 1.37. The number of halogens is 2. The number of nitrogens with zero attached hydrogens (tertiary/aromatic N) is 3. The van der Waals surface area contributed by atoms with Crippen molar-refractivity contribution in [3.05, 3.63) is 77.2 Å². The number of H-pyrrole nitrogens is 1. The van der Waals surface area contributed by atoms with Crippen molar-refractivity contribution in [2.24, 2.45) is 0 Å². The van der Waals surface area contributed by atoms with Gasteiger partial charge in [0.1, 0.15) is 5.75 Å². The molecule has 0 aliphatic carbocycles. The Kier molecular flexibility index (Phi) is 5.48. The van der Waals surface area contributed by atoms with Crippen molar-refractivity contribution in [2.75, 3.05) is 21.2 Å². The largest absolute Gasteiger partial charge is 0.496 e. The normalized spacial score (nSPS) is 11.3. The maximum Gasteiger partial charge on any atom is 0.228 e. The molecule has 158 valence electrons. The predicted molar refractivity (Wildman–Crippen MR) is 113 cm³/mol. The average Bonchev–Trinajstić information content (AvgIpc) is 3.20. The molecule has 1 N–H and O–H groups in total. The van der Waals surface area contributed by atoms with E-state index in [9.17, 15) is 13.6 Å². The molecular formula is C23H20F2N4O2. The highest BCUT2D eigenvalue weighted by molar-refractivity contribution is 6.08. The molecule has 0 atom stereocenters. The van der Waals surface area contributed by atoms with Gasteiger partial charge in [0.25, 0.3) is 0 Å². The monoisotopic (exact) mass is 422 g/mol. The van der Waals surface area contributed by atoms with Crippen LogP contribution in [0.15, 0.2) is 48.7 Å². The standard InChI is InChI=1S/C23H20F2N4O2/c1-29(2)12-14-5-4-6-16-21(14)28-23(27-16)22(30)13-9-10-26-17(11-13)19-18(31-3)8-7-15(24)20(19)25/h4-11H,12H2,1-3H3,(H,27,28). The van der Waals surface area contributed by atoms with Crippen molar-refractivity contribution in [3.63, 3.8) is 0 Å². The summed E-state index contributed by atoms with van der Waals surface area (Å²) >= 11 is 0. The van der Waals surface area contributed by atoms with Gasteiger partial charge in [-0.15, -0.1) is 0 Å².